The van der Waals surface area contributed by atoms with Crippen LogP contribution in [0.2, 0.25) is 0 Å². The number of ketones is 1. The van der Waals surface area contributed by atoms with E-state index in [2.05, 4.69) is 4.99 Å². The summed E-state index contributed by atoms with van der Waals surface area (Å²) >= 11 is 0. The van der Waals surface area contributed by atoms with Crippen molar-refractivity contribution in [1.82, 2.24) is 0 Å². The number of furan rings is 1. The second-order valence-corrected chi connectivity index (χ2v) is 3.80. The van der Waals surface area contributed by atoms with E-state index in [1.165, 1.54) is 6.26 Å². The number of allylic oxidation sites excluding steroid dienone is 4. The summed E-state index contributed by atoms with van der Waals surface area (Å²) in [6, 6.07) is 3.17. The Kier molecular flexibility index (Phi) is 2.87. The minimum atomic E-state index is -0.451. The number of Topliss-reactive ketones (excluding diaryl/α,β-unsaturated/α-hetero) is 1. The maximum atomic E-state index is 11.6. The van der Waals surface area contributed by atoms with Crippen LogP contribution in [-0.4, -0.2) is 17.4 Å². The number of rotatable bonds is 1. The molecule has 0 unspecified atom stereocenters. The van der Waals surface area contributed by atoms with E-state index in [0.717, 1.165) is 0 Å². The lowest BCUT2D eigenvalue weighted by Crippen LogP contribution is -2.11. The highest BCUT2D eigenvalue weighted by atomic mass is 16.3. The molecule has 0 saturated heterocycles. The van der Waals surface area contributed by atoms with Crippen LogP contribution in [-0.2, 0) is 4.79 Å². The van der Waals surface area contributed by atoms with Crippen molar-refractivity contribution < 1.29 is 14.0 Å². The lowest BCUT2D eigenvalue weighted by Gasteiger charge is -2.07. The summed E-state index contributed by atoms with van der Waals surface area (Å²) in [6.07, 6.45) is 4.60. The summed E-state index contributed by atoms with van der Waals surface area (Å²) in [5.41, 5.74) is 1.63. The average Bonchev–Trinajstić information content (AvgIpc) is 2.79. The molecule has 0 aromatic carbocycles. The summed E-state index contributed by atoms with van der Waals surface area (Å²) in [5.74, 6) is -0.284. The summed E-state index contributed by atoms with van der Waals surface area (Å²) in [6.45, 7) is 3.40. The van der Waals surface area contributed by atoms with E-state index in [1.54, 1.807) is 38.1 Å². The van der Waals surface area contributed by atoms with Gasteiger partial charge in [-0.3, -0.25) is 9.59 Å². The van der Waals surface area contributed by atoms with E-state index in [-0.39, 0.29) is 11.5 Å². The van der Waals surface area contributed by atoms with E-state index in [1.807, 2.05) is 0 Å². The van der Waals surface area contributed by atoms with Crippen molar-refractivity contribution in [3.05, 3.63) is 47.5 Å². The molecule has 0 N–H and O–H groups in total. The Bertz CT molecular complexity index is 535. The molecule has 86 valence electrons. The van der Waals surface area contributed by atoms with Crippen LogP contribution in [0.25, 0.3) is 0 Å². The number of nitrogens with zero attached hydrogens (tertiary/aromatic N) is 1. The predicted molar refractivity (Wildman–Crippen MR) is 63.0 cm³/mol. The fourth-order valence-corrected chi connectivity index (χ4v) is 1.56. The van der Waals surface area contributed by atoms with Gasteiger partial charge < -0.3 is 4.42 Å². The Hall–Kier alpha value is -2.23. The lowest BCUT2D eigenvalue weighted by molar-refractivity contribution is -0.112. The van der Waals surface area contributed by atoms with Gasteiger partial charge in [0, 0.05) is 0 Å². The van der Waals surface area contributed by atoms with Crippen LogP contribution in [0.5, 0.6) is 0 Å². The van der Waals surface area contributed by atoms with Crippen LogP contribution in [0.3, 0.4) is 0 Å². The number of amides is 1. The monoisotopic (exact) mass is 229 g/mol. The molecule has 0 spiro atoms. The summed E-state index contributed by atoms with van der Waals surface area (Å²) in [5, 5.41) is 0. The molecule has 0 atom stereocenters. The first-order chi connectivity index (χ1) is 8.08. The zero-order valence-corrected chi connectivity index (χ0v) is 9.56. The minimum absolute atomic E-state index is 0.0191. The zero-order valence-electron chi connectivity index (χ0n) is 9.56. The van der Waals surface area contributed by atoms with Crippen molar-refractivity contribution in [2.75, 3.05) is 0 Å². The zero-order chi connectivity index (χ0) is 12.4. The largest absolute Gasteiger partial charge is 0.459 e. The Labute approximate surface area is 98.3 Å². The second kappa shape index (κ2) is 4.33. The van der Waals surface area contributed by atoms with Crippen molar-refractivity contribution in [3.63, 3.8) is 0 Å². The smallest absolute Gasteiger partial charge is 0.313 e. The van der Waals surface area contributed by atoms with Gasteiger partial charge in [0.15, 0.2) is 11.5 Å². The van der Waals surface area contributed by atoms with Gasteiger partial charge in [-0.05, 0) is 49.3 Å². The Morgan fingerprint density at radius 3 is 2.41 bits per heavy atom. The quantitative estimate of drug-likeness (QED) is 0.694. The average molecular weight is 229 g/mol. The molecule has 4 nitrogen and oxygen atoms in total. The SMILES string of the molecule is CC1=CC(=NC(=O)c2ccco2)C=C(C)C1=O. The number of hydrogen-bond acceptors (Lipinski definition) is 3. The number of carbonyl (C=O) groups excluding carboxylic acids is 2. The van der Waals surface area contributed by atoms with E-state index in [4.69, 9.17) is 4.42 Å². The van der Waals surface area contributed by atoms with Crippen LogP contribution >= 0.6 is 0 Å². The first kappa shape index (κ1) is 11.3. The molecule has 4 heteroatoms. The van der Waals surface area contributed by atoms with Gasteiger partial charge in [-0.2, -0.15) is 0 Å². The van der Waals surface area contributed by atoms with Gasteiger partial charge in [0.2, 0.25) is 0 Å². The first-order valence-electron chi connectivity index (χ1n) is 5.16. The van der Waals surface area contributed by atoms with E-state index < -0.39 is 5.91 Å². The van der Waals surface area contributed by atoms with E-state index in [9.17, 15) is 9.59 Å². The number of hydrogen-bond donors (Lipinski definition) is 0. The Balaban J connectivity index is 2.30. The molecule has 1 aliphatic carbocycles. The van der Waals surface area contributed by atoms with Gasteiger partial charge in [0.25, 0.3) is 0 Å². The second-order valence-electron chi connectivity index (χ2n) is 3.80. The molecule has 1 heterocycles. The number of carbonyl (C=O) groups is 2. The highest BCUT2D eigenvalue weighted by Crippen LogP contribution is 2.13. The van der Waals surface area contributed by atoms with Crippen LogP contribution < -0.4 is 0 Å². The molecule has 0 radical (unpaired) electrons. The van der Waals surface area contributed by atoms with Gasteiger partial charge >= 0.3 is 5.91 Å². The summed E-state index contributed by atoms with van der Waals surface area (Å²) in [4.78, 5) is 27.0. The molecule has 0 saturated carbocycles. The van der Waals surface area contributed by atoms with Crippen molar-refractivity contribution >= 4 is 17.4 Å². The molecule has 0 fully saturated rings. The highest BCUT2D eigenvalue weighted by molar-refractivity contribution is 6.23. The van der Waals surface area contributed by atoms with Crippen molar-refractivity contribution in [3.8, 4) is 0 Å². The van der Waals surface area contributed by atoms with Crippen LogP contribution in [0.4, 0.5) is 0 Å². The molecule has 2 rings (SSSR count). The first-order valence-corrected chi connectivity index (χ1v) is 5.16. The third-order valence-electron chi connectivity index (χ3n) is 2.41. The molecule has 1 aliphatic rings. The summed E-state index contributed by atoms with van der Waals surface area (Å²) < 4.78 is 4.95. The predicted octanol–water partition coefficient (Wildman–Crippen LogP) is 2.34. The maximum Gasteiger partial charge on any atom is 0.313 e. The number of aliphatic imine (C=N–C) groups is 1. The van der Waals surface area contributed by atoms with Gasteiger partial charge in [-0.15, -0.1) is 0 Å². The van der Waals surface area contributed by atoms with Gasteiger partial charge in [-0.25, -0.2) is 4.99 Å². The normalized spacial score (nSPS) is 15.4. The van der Waals surface area contributed by atoms with Crippen LogP contribution in [0, 0.1) is 0 Å². The van der Waals surface area contributed by atoms with Crippen LogP contribution in [0.1, 0.15) is 24.4 Å². The van der Waals surface area contributed by atoms with Gasteiger partial charge in [0.05, 0.1) is 12.0 Å². The van der Waals surface area contributed by atoms with Gasteiger partial charge in [-0.1, -0.05) is 0 Å². The molecule has 1 aromatic rings. The molecule has 1 amide bonds. The van der Waals surface area contributed by atoms with E-state index >= 15 is 0 Å². The molecular formula is C13H11NO3. The van der Waals surface area contributed by atoms with Crippen molar-refractivity contribution in [2.45, 2.75) is 13.8 Å². The summed E-state index contributed by atoms with van der Waals surface area (Å²) in [7, 11) is 0. The molecular weight excluding hydrogens is 218 g/mol. The fraction of sp³-hybridized carbons (Fsp3) is 0.154. The van der Waals surface area contributed by atoms with E-state index in [0.29, 0.717) is 16.9 Å². The van der Waals surface area contributed by atoms with Gasteiger partial charge in [0.1, 0.15) is 0 Å². The van der Waals surface area contributed by atoms with Crippen molar-refractivity contribution in [1.29, 1.82) is 0 Å². The highest BCUT2D eigenvalue weighted by Gasteiger charge is 2.15. The minimum Gasteiger partial charge on any atom is -0.459 e. The Morgan fingerprint density at radius 2 is 1.88 bits per heavy atom. The maximum absolute atomic E-state index is 11.6. The topological polar surface area (TPSA) is 59.6 Å². The van der Waals surface area contributed by atoms with Crippen LogP contribution in [0.15, 0.2) is 51.1 Å². The molecule has 1 aromatic heterocycles. The molecule has 0 aliphatic heterocycles. The Morgan fingerprint density at radius 1 is 1.24 bits per heavy atom. The fourth-order valence-electron chi connectivity index (χ4n) is 1.56. The molecule has 17 heavy (non-hydrogen) atoms. The third kappa shape index (κ3) is 2.30. The van der Waals surface area contributed by atoms with Crippen molar-refractivity contribution in [2.24, 2.45) is 4.99 Å². The lowest BCUT2D eigenvalue weighted by atomic mass is 9.98. The third-order valence-corrected chi connectivity index (χ3v) is 2.41. The standard InChI is InChI=1S/C13H11NO3/c1-8-6-10(7-9(2)12(8)15)14-13(16)11-4-3-5-17-11/h3-7H,1-2H3. The molecule has 0 bridgehead atoms.